The van der Waals surface area contributed by atoms with Gasteiger partial charge in [0.05, 0.1) is 18.7 Å². The molecule has 4 nitrogen and oxygen atoms in total. The third kappa shape index (κ3) is 4.68. The van der Waals surface area contributed by atoms with Crippen LogP contribution in [0.3, 0.4) is 0 Å². The predicted octanol–water partition coefficient (Wildman–Crippen LogP) is 2.38. The van der Waals surface area contributed by atoms with Gasteiger partial charge >= 0.3 is 5.97 Å². The minimum absolute atomic E-state index is 0.123. The van der Waals surface area contributed by atoms with Crippen LogP contribution in [0.25, 0.3) is 0 Å². The molecule has 92 valence electrons. The van der Waals surface area contributed by atoms with E-state index in [4.69, 9.17) is 9.57 Å². The normalized spacial score (nSPS) is 11.1. The van der Waals surface area contributed by atoms with E-state index in [2.05, 4.69) is 5.16 Å². The van der Waals surface area contributed by atoms with E-state index in [0.29, 0.717) is 18.9 Å². The molecule has 0 radical (unpaired) electrons. The second-order valence-corrected chi connectivity index (χ2v) is 3.30. The number of carbonyl (C=O) groups excluding carboxylic acids is 1. The van der Waals surface area contributed by atoms with Crippen molar-refractivity contribution in [2.45, 2.75) is 20.3 Å². The first-order valence-electron chi connectivity index (χ1n) is 5.67. The van der Waals surface area contributed by atoms with Gasteiger partial charge in [-0.2, -0.15) is 0 Å². The average Bonchev–Trinajstić information content (AvgIpc) is 2.36. The quantitative estimate of drug-likeness (QED) is 0.432. The van der Waals surface area contributed by atoms with Gasteiger partial charge in [-0.05, 0) is 19.4 Å². The van der Waals surface area contributed by atoms with Crippen LogP contribution in [0.15, 0.2) is 35.5 Å². The van der Waals surface area contributed by atoms with Gasteiger partial charge in [-0.1, -0.05) is 35.5 Å². The highest BCUT2D eigenvalue weighted by Crippen LogP contribution is 2.06. The van der Waals surface area contributed by atoms with E-state index < -0.39 is 0 Å². The van der Waals surface area contributed by atoms with Crippen molar-refractivity contribution in [2.24, 2.45) is 5.16 Å². The van der Waals surface area contributed by atoms with Gasteiger partial charge in [-0.3, -0.25) is 4.79 Å². The molecule has 0 aromatic heterocycles. The molecule has 0 spiro atoms. The van der Waals surface area contributed by atoms with Crippen molar-refractivity contribution in [2.75, 3.05) is 13.2 Å². The van der Waals surface area contributed by atoms with Crippen molar-refractivity contribution >= 4 is 11.7 Å². The van der Waals surface area contributed by atoms with E-state index in [1.54, 1.807) is 6.92 Å². The summed E-state index contributed by atoms with van der Waals surface area (Å²) in [6.07, 6.45) is 0.123. The Labute approximate surface area is 101 Å². The van der Waals surface area contributed by atoms with Gasteiger partial charge in [0, 0.05) is 0 Å². The number of nitrogens with zero attached hydrogens (tertiary/aromatic N) is 1. The molecule has 0 bridgehead atoms. The second-order valence-electron chi connectivity index (χ2n) is 3.30. The van der Waals surface area contributed by atoms with Crippen LogP contribution < -0.4 is 0 Å². The van der Waals surface area contributed by atoms with E-state index in [0.717, 1.165) is 5.56 Å². The van der Waals surface area contributed by atoms with Crippen LogP contribution in [0, 0.1) is 0 Å². The van der Waals surface area contributed by atoms with Crippen molar-refractivity contribution in [1.29, 1.82) is 0 Å². The standard InChI is InChI=1S/C13H17NO3/c1-3-16-13(15)10-12(14-17-4-2)11-8-6-5-7-9-11/h5-9H,3-4,10H2,1-2H3. The molecule has 1 rings (SSSR count). The summed E-state index contributed by atoms with van der Waals surface area (Å²) in [5.74, 6) is -0.296. The summed E-state index contributed by atoms with van der Waals surface area (Å²) < 4.78 is 4.90. The van der Waals surface area contributed by atoms with Crippen molar-refractivity contribution in [3.8, 4) is 0 Å². The van der Waals surface area contributed by atoms with E-state index >= 15 is 0 Å². The minimum atomic E-state index is -0.296. The third-order valence-electron chi connectivity index (χ3n) is 2.03. The number of carbonyl (C=O) groups is 1. The lowest BCUT2D eigenvalue weighted by Crippen LogP contribution is -2.12. The molecule has 0 saturated carbocycles. The fourth-order valence-electron chi connectivity index (χ4n) is 1.31. The van der Waals surface area contributed by atoms with Crippen LogP contribution >= 0.6 is 0 Å². The lowest BCUT2D eigenvalue weighted by atomic mass is 10.1. The molecule has 0 N–H and O–H groups in total. The molecule has 4 heteroatoms. The number of hydrogen-bond acceptors (Lipinski definition) is 4. The van der Waals surface area contributed by atoms with Gasteiger partial charge in [0.2, 0.25) is 0 Å². The van der Waals surface area contributed by atoms with Crippen LogP contribution in [0.5, 0.6) is 0 Å². The fraction of sp³-hybridized carbons (Fsp3) is 0.385. The zero-order chi connectivity index (χ0) is 12.5. The summed E-state index contributed by atoms with van der Waals surface area (Å²) in [5.41, 5.74) is 1.46. The van der Waals surface area contributed by atoms with Gasteiger partial charge in [-0.25, -0.2) is 0 Å². The number of esters is 1. The molecule has 0 heterocycles. The first kappa shape index (κ1) is 13.2. The van der Waals surface area contributed by atoms with Gasteiger partial charge in [-0.15, -0.1) is 0 Å². The van der Waals surface area contributed by atoms with Crippen LogP contribution in [-0.4, -0.2) is 24.9 Å². The highest BCUT2D eigenvalue weighted by atomic mass is 16.6. The first-order valence-corrected chi connectivity index (χ1v) is 5.67. The molecule has 0 fully saturated rings. The summed E-state index contributed by atoms with van der Waals surface area (Å²) >= 11 is 0. The Hall–Kier alpha value is -1.84. The van der Waals surface area contributed by atoms with Gasteiger partial charge in [0.25, 0.3) is 0 Å². The Morgan fingerprint density at radius 2 is 1.88 bits per heavy atom. The number of ether oxygens (including phenoxy) is 1. The zero-order valence-corrected chi connectivity index (χ0v) is 10.2. The maximum atomic E-state index is 11.4. The first-order chi connectivity index (χ1) is 8.27. The van der Waals surface area contributed by atoms with Gasteiger partial charge in [0.1, 0.15) is 6.61 Å². The van der Waals surface area contributed by atoms with E-state index in [1.807, 2.05) is 37.3 Å². The Morgan fingerprint density at radius 3 is 2.47 bits per heavy atom. The lowest BCUT2D eigenvalue weighted by Gasteiger charge is -2.06. The summed E-state index contributed by atoms with van der Waals surface area (Å²) in [6, 6.07) is 9.46. The number of benzene rings is 1. The van der Waals surface area contributed by atoms with Crippen molar-refractivity contribution in [3.05, 3.63) is 35.9 Å². The number of hydrogen-bond donors (Lipinski definition) is 0. The van der Waals surface area contributed by atoms with E-state index in [1.165, 1.54) is 0 Å². The topological polar surface area (TPSA) is 47.9 Å². The Balaban J connectivity index is 2.78. The Bertz CT molecular complexity index is 374. The lowest BCUT2D eigenvalue weighted by molar-refractivity contribution is -0.141. The molecular weight excluding hydrogens is 218 g/mol. The zero-order valence-electron chi connectivity index (χ0n) is 10.2. The summed E-state index contributed by atoms with van der Waals surface area (Å²) in [6.45, 7) is 4.46. The van der Waals surface area contributed by atoms with Crippen molar-refractivity contribution < 1.29 is 14.4 Å². The van der Waals surface area contributed by atoms with Crippen LogP contribution in [-0.2, 0) is 14.4 Å². The maximum Gasteiger partial charge on any atom is 0.312 e. The van der Waals surface area contributed by atoms with Crippen LogP contribution in [0.2, 0.25) is 0 Å². The highest BCUT2D eigenvalue weighted by molar-refractivity contribution is 6.09. The van der Waals surface area contributed by atoms with Crippen molar-refractivity contribution in [1.82, 2.24) is 0 Å². The molecular formula is C13H17NO3. The average molecular weight is 235 g/mol. The molecule has 17 heavy (non-hydrogen) atoms. The largest absolute Gasteiger partial charge is 0.466 e. The van der Waals surface area contributed by atoms with Gasteiger partial charge in [0.15, 0.2) is 0 Å². The number of rotatable bonds is 6. The summed E-state index contributed by atoms with van der Waals surface area (Å²) in [5, 5.41) is 3.95. The predicted molar refractivity (Wildman–Crippen MR) is 65.9 cm³/mol. The summed E-state index contributed by atoms with van der Waals surface area (Å²) in [4.78, 5) is 16.4. The molecule has 0 saturated heterocycles. The van der Waals surface area contributed by atoms with E-state index in [9.17, 15) is 4.79 Å². The number of oxime groups is 1. The monoisotopic (exact) mass is 235 g/mol. The molecule has 0 unspecified atom stereocenters. The van der Waals surface area contributed by atoms with Crippen LogP contribution in [0.4, 0.5) is 0 Å². The molecule has 1 aromatic rings. The molecule has 0 aliphatic carbocycles. The molecule has 0 aliphatic heterocycles. The third-order valence-corrected chi connectivity index (χ3v) is 2.03. The highest BCUT2D eigenvalue weighted by Gasteiger charge is 2.11. The fourth-order valence-corrected chi connectivity index (χ4v) is 1.31. The SMILES string of the molecule is CCON=C(CC(=O)OCC)c1ccccc1. The molecule has 1 aromatic carbocycles. The molecule has 0 atom stereocenters. The van der Waals surface area contributed by atoms with Gasteiger partial charge < -0.3 is 9.57 Å². The molecule has 0 aliphatic rings. The van der Waals surface area contributed by atoms with E-state index in [-0.39, 0.29) is 12.4 Å². The maximum absolute atomic E-state index is 11.4. The second kappa shape index (κ2) is 7.44. The molecule has 0 amide bonds. The van der Waals surface area contributed by atoms with Crippen molar-refractivity contribution in [3.63, 3.8) is 0 Å². The van der Waals surface area contributed by atoms with Crippen LogP contribution in [0.1, 0.15) is 25.8 Å². The Morgan fingerprint density at radius 1 is 1.18 bits per heavy atom. The summed E-state index contributed by atoms with van der Waals surface area (Å²) in [7, 11) is 0. The smallest absolute Gasteiger partial charge is 0.312 e. The minimum Gasteiger partial charge on any atom is -0.466 e. The Kier molecular flexibility index (Phi) is 5.79.